The molecular weight excluding hydrogens is 244 g/mol. The third-order valence-corrected chi connectivity index (χ3v) is 2.78. The number of fused-ring (bicyclic) bond motifs is 1. The quantitative estimate of drug-likeness (QED) is 0.775. The van der Waals surface area contributed by atoms with E-state index < -0.39 is 11.4 Å². The van der Waals surface area contributed by atoms with Crippen LogP contribution in [-0.4, -0.2) is 22.6 Å². The van der Waals surface area contributed by atoms with Crippen molar-refractivity contribution in [2.45, 2.75) is 6.42 Å². The highest BCUT2D eigenvalue weighted by Crippen LogP contribution is 2.12. The topological polar surface area (TPSA) is 96.2 Å². The lowest BCUT2D eigenvalue weighted by Gasteiger charge is -2.01. The fourth-order valence-corrected chi connectivity index (χ4v) is 1.82. The molecule has 0 unspecified atom stereocenters. The van der Waals surface area contributed by atoms with Crippen LogP contribution in [0.2, 0.25) is 0 Å². The van der Waals surface area contributed by atoms with Gasteiger partial charge in [0.15, 0.2) is 0 Å². The van der Waals surface area contributed by atoms with Gasteiger partial charge >= 0.3 is 5.97 Å². The Morgan fingerprint density at radius 1 is 1.42 bits per heavy atom. The minimum Gasteiger partial charge on any atom is -0.477 e. The van der Waals surface area contributed by atoms with Gasteiger partial charge in [-0.15, -0.1) is 0 Å². The van der Waals surface area contributed by atoms with Crippen molar-refractivity contribution in [2.75, 3.05) is 6.54 Å². The van der Waals surface area contributed by atoms with E-state index in [1.807, 2.05) is 12.2 Å². The van der Waals surface area contributed by atoms with Crippen LogP contribution in [0.4, 0.5) is 0 Å². The first-order chi connectivity index (χ1) is 9.13. The highest BCUT2D eigenvalue weighted by Gasteiger charge is 2.10. The van der Waals surface area contributed by atoms with Crippen molar-refractivity contribution in [3.8, 4) is 0 Å². The maximum absolute atomic E-state index is 11.9. The van der Waals surface area contributed by atoms with Crippen LogP contribution < -0.4 is 11.2 Å². The van der Waals surface area contributed by atoms with Crippen LogP contribution in [0.3, 0.4) is 0 Å². The summed E-state index contributed by atoms with van der Waals surface area (Å²) in [5.41, 5.74) is 6.22. The number of pyridine rings is 1. The zero-order valence-corrected chi connectivity index (χ0v) is 10.2. The minimum atomic E-state index is -1.23. The Hall–Kier alpha value is -2.40. The molecule has 0 saturated heterocycles. The number of rotatable bonds is 4. The van der Waals surface area contributed by atoms with Gasteiger partial charge in [0.05, 0.1) is 0 Å². The maximum atomic E-state index is 11.9. The van der Waals surface area contributed by atoms with Crippen LogP contribution >= 0.6 is 0 Å². The van der Waals surface area contributed by atoms with E-state index in [0.29, 0.717) is 17.4 Å². The molecule has 2 aromatic rings. The molecule has 4 N–H and O–H groups in total. The van der Waals surface area contributed by atoms with E-state index >= 15 is 0 Å². The first-order valence-corrected chi connectivity index (χ1v) is 5.89. The van der Waals surface area contributed by atoms with Crippen molar-refractivity contribution >= 4 is 22.9 Å². The van der Waals surface area contributed by atoms with Crippen molar-refractivity contribution < 1.29 is 9.90 Å². The zero-order chi connectivity index (χ0) is 13.8. The highest BCUT2D eigenvalue weighted by atomic mass is 16.4. The van der Waals surface area contributed by atoms with Crippen LogP contribution in [0, 0.1) is 0 Å². The Bertz CT molecular complexity index is 701. The van der Waals surface area contributed by atoms with E-state index in [1.54, 1.807) is 18.2 Å². The Morgan fingerprint density at radius 3 is 2.89 bits per heavy atom. The van der Waals surface area contributed by atoms with Crippen LogP contribution in [0.15, 0.2) is 35.3 Å². The molecule has 2 rings (SSSR count). The Labute approximate surface area is 109 Å². The Balaban J connectivity index is 2.49. The fourth-order valence-electron chi connectivity index (χ4n) is 1.82. The van der Waals surface area contributed by atoms with Crippen molar-refractivity contribution in [1.82, 2.24) is 4.98 Å². The van der Waals surface area contributed by atoms with Gasteiger partial charge in [-0.25, -0.2) is 4.79 Å². The molecule has 0 atom stereocenters. The molecule has 0 aliphatic heterocycles. The average molecular weight is 258 g/mol. The number of carbonyl (C=O) groups is 1. The summed E-state index contributed by atoms with van der Waals surface area (Å²) < 4.78 is 0. The third-order valence-electron chi connectivity index (χ3n) is 2.78. The SMILES string of the molecule is NCCC=Cc1ccc2c(=O)c(C(=O)O)c[nH]c2c1. The number of aromatic carboxylic acids is 1. The van der Waals surface area contributed by atoms with Gasteiger partial charge in [0.1, 0.15) is 5.56 Å². The summed E-state index contributed by atoms with van der Waals surface area (Å²) >= 11 is 0. The normalized spacial score (nSPS) is 11.2. The molecule has 1 aromatic carbocycles. The molecule has 5 heteroatoms. The largest absolute Gasteiger partial charge is 0.477 e. The van der Waals surface area contributed by atoms with Gasteiger partial charge in [-0.1, -0.05) is 18.2 Å². The zero-order valence-electron chi connectivity index (χ0n) is 10.2. The second-order valence-corrected chi connectivity index (χ2v) is 4.12. The lowest BCUT2D eigenvalue weighted by molar-refractivity contribution is 0.0695. The number of nitrogens with one attached hydrogen (secondary N) is 1. The van der Waals surface area contributed by atoms with Gasteiger partial charge in [0.2, 0.25) is 5.43 Å². The molecule has 0 saturated carbocycles. The Kier molecular flexibility index (Phi) is 3.77. The van der Waals surface area contributed by atoms with Crippen molar-refractivity contribution in [1.29, 1.82) is 0 Å². The molecule has 0 bridgehead atoms. The second kappa shape index (κ2) is 5.49. The number of nitrogens with two attached hydrogens (primary N) is 1. The number of aromatic nitrogens is 1. The number of carboxylic acid groups (broad SMARTS) is 1. The van der Waals surface area contributed by atoms with E-state index in [1.165, 1.54) is 6.20 Å². The summed E-state index contributed by atoms with van der Waals surface area (Å²) in [5.74, 6) is -1.23. The van der Waals surface area contributed by atoms with Crippen LogP contribution in [-0.2, 0) is 0 Å². The summed E-state index contributed by atoms with van der Waals surface area (Å²) in [6, 6.07) is 5.20. The third kappa shape index (κ3) is 2.71. The predicted octanol–water partition coefficient (Wildman–Crippen LogP) is 1.59. The number of H-pyrrole nitrogens is 1. The summed E-state index contributed by atoms with van der Waals surface area (Å²) in [5, 5.41) is 9.25. The minimum absolute atomic E-state index is 0.251. The van der Waals surface area contributed by atoms with Crippen molar-refractivity contribution in [3.05, 3.63) is 51.8 Å². The summed E-state index contributed by atoms with van der Waals surface area (Å²) in [4.78, 5) is 25.6. The molecule has 0 spiro atoms. The van der Waals surface area contributed by atoms with Gasteiger partial charge in [0, 0.05) is 17.1 Å². The summed E-state index contributed by atoms with van der Waals surface area (Å²) in [6.45, 7) is 0.586. The van der Waals surface area contributed by atoms with E-state index in [-0.39, 0.29) is 5.56 Å². The predicted molar refractivity (Wildman–Crippen MR) is 74.2 cm³/mol. The summed E-state index contributed by atoms with van der Waals surface area (Å²) in [6.07, 6.45) is 5.87. The van der Waals surface area contributed by atoms with E-state index in [0.717, 1.165) is 12.0 Å². The monoisotopic (exact) mass is 258 g/mol. The molecule has 0 fully saturated rings. The fraction of sp³-hybridized carbons (Fsp3) is 0.143. The second-order valence-electron chi connectivity index (χ2n) is 4.12. The van der Waals surface area contributed by atoms with Gasteiger partial charge in [-0.2, -0.15) is 0 Å². The molecule has 1 aromatic heterocycles. The first-order valence-electron chi connectivity index (χ1n) is 5.89. The maximum Gasteiger partial charge on any atom is 0.341 e. The standard InChI is InChI=1S/C14H14N2O3/c15-6-2-1-3-9-4-5-10-12(7-9)16-8-11(13(10)17)14(18)19/h1,3-5,7-8H,2,6,15H2,(H,16,17)(H,18,19). The number of benzene rings is 1. The van der Waals surface area contributed by atoms with E-state index in [4.69, 9.17) is 10.8 Å². The van der Waals surface area contributed by atoms with Crippen LogP contribution in [0.5, 0.6) is 0 Å². The van der Waals surface area contributed by atoms with Crippen molar-refractivity contribution in [2.24, 2.45) is 5.73 Å². The number of carboxylic acids is 1. The summed E-state index contributed by atoms with van der Waals surface area (Å²) in [7, 11) is 0. The number of hydrogen-bond donors (Lipinski definition) is 3. The molecular formula is C14H14N2O3. The van der Waals surface area contributed by atoms with Gasteiger partial charge in [-0.3, -0.25) is 4.79 Å². The molecule has 0 radical (unpaired) electrons. The molecule has 19 heavy (non-hydrogen) atoms. The molecule has 1 heterocycles. The van der Waals surface area contributed by atoms with Gasteiger partial charge in [-0.05, 0) is 30.7 Å². The number of hydrogen-bond acceptors (Lipinski definition) is 3. The average Bonchev–Trinajstić information content (AvgIpc) is 2.39. The van der Waals surface area contributed by atoms with Gasteiger partial charge < -0.3 is 15.8 Å². The van der Waals surface area contributed by atoms with Crippen molar-refractivity contribution in [3.63, 3.8) is 0 Å². The molecule has 98 valence electrons. The first kappa shape index (κ1) is 13.0. The smallest absolute Gasteiger partial charge is 0.341 e. The molecule has 0 aliphatic rings. The van der Waals surface area contributed by atoms with Crippen LogP contribution in [0.25, 0.3) is 17.0 Å². The highest BCUT2D eigenvalue weighted by molar-refractivity contribution is 5.92. The van der Waals surface area contributed by atoms with Gasteiger partial charge in [0.25, 0.3) is 0 Å². The molecule has 0 amide bonds. The Morgan fingerprint density at radius 2 is 2.21 bits per heavy atom. The molecule has 5 nitrogen and oxygen atoms in total. The van der Waals surface area contributed by atoms with E-state index in [9.17, 15) is 9.59 Å². The molecule has 0 aliphatic carbocycles. The number of aromatic amines is 1. The lowest BCUT2D eigenvalue weighted by Crippen LogP contribution is -2.15. The van der Waals surface area contributed by atoms with Crippen LogP contribution in [0.1, 0.15) is 22.3 Å². The van der Waals surface area contributed by atoms with E-state index in [2.05, 4.69) is 4.98 Å². The lowest BCUT2D eigenvalue weighted by atomic mass is 10.1.